The van der Waals surface area contributed by atoms with Crippen molar-refractivity contribution < 1.29 is 44.6 Å². The van der Waals surface area contributed by atoms with Gasteiger partial charge >= 0.3 is 5.97 Å². The molecule has 4 rings (SSSR count). The maximum absolute atomic E-state index is 12.6. The predicted octanol–water partition coefficient (Wildman–Crippen LogP) is 1.92. The predicted molar refractivity (Wildman–Crippen MR) is 136 cm³/mol. The largest absolute Gasteiger partial charge is 0.508 e. The first-order valence-electron chi connectivity index (χ1n) is 11.9. The summed E-state index contributed by atoms with van der Waals surface area (Å²) in [6.07, 6.45) is -7.56. The van der Waals surface area contributed by atoms with E-state index in [9.17, 15) is 35.1 Å². The second-order valence-corrected chi connectivity index (χ2v) is 8.92. The molecule has 6 atom stereocenters. The molecule has 1 aliphatic rings. The molecule has 5 N–H and O–H groups in total. The average molecular weight is 521 g/mol. The van der Waals surface area contributed by atoms with Crippen LogP contribution in [0.15, 0.2) is 84.9 Å². The summed E-state index contributed by atoms with van der Waals surface area (Å²) in [5.41, 5.74) is 1.53. The third-order valence-corrected chi connectivity index (χ3v) is 6.27. The molecular weight excluding hydrogens is 492 g/mol. The second kappa shape index (κ2) is 12.1. The quantitative estimate of drug-likeness (QED) is 0.221. The Morgan fingerprint density at radius 3 is 2.24 bits per heavy atom. The first kappa shape index (κ1) is 27.2. The zero-order chi connectivity index (χ0) is 27.2. The molecule has 1 heterocycles. The molecule has 0 spiro atoms. The number of aliphatic hydroxyl groups excluding tert-OH is 4. The van der Waals surface area contributed by atoms with E-state index in [1.807, 2.05) is 6.07 Å². The molecule has 38 heavy (non-hydrogen) atoms. The minimum atomic E-state index is -1.87. The first-order chi connectivity index (χ1) is 18.3. The molecule has 3 aromatic carbocycles. The molecule has 1 saturated heterocycles. The van der Waals surface area contributed by atoms with E-state index in [-0.39, 0.29) is 17.9 Å². The van der Waals surface area contributed by atoms with Gasteiger partial charge in [0.2, 0.25) is 0 Å². The molecule has 9 nitrogen and oxygen atoms in total. The van der Waals surface area contributed by atoms with Gasteiger partial charge in [0.15, 0.2) is 5.78 Å². The summed E-state index contributed by atoms with van der Waals surface area (Å²) in [5.74, 6) is -1.65. The van der Waals surface area contributed by atoms with Crippen LogP contribution in [0.4, 0.5) is 0 Å². The Kier molecular flexibility index (Phi) is 8.67. The monoisotopic (exact) mass is 520 g/mol. The second-order valence-electron chi connectivity index (χ2n) is 8.92. The van der Waals surface area contributed by atoms with Crippen LogP contribution in [-0.2, 0) is 20.9 Å². The van der Waals surface area contributed by atoms with Crippen molar-refractivity contribution in [3.8, 4) is 5.75 Å². The Balaban J connectivity index is 1.51. The zero-order valence-electron chi connectivity index (χ0n) is 20.2. The average Bonchev–Trinajstić information content (AvgIpc) is 2.95. The van der Waals surface area contributed by atoms with E-state index in [0.29, 0.717) is 16.7 Å². The Hall–Kier alpha value is -3.86. The van der Waals surface area contributed by atoms with Gasteiger partial charge < -0.3 is 35.0 Å². The smallest absolute Gasteiger partial charge is 0.338 e. The Bertz CT molecular complexity index is 1280. The highest BCUT2D eigenvalue weighted by Crippen LogP contribution is 2.38. The molecule has 1 fully saturated rings. The fraction of sp³-hybridized carbons (Fsp3) is 0.241. The molecule has 3 aromatic rings. The van der Waals surface area contributed by atoms with Crippen LogP contribution >= 0.6 is 0 Å². The molecular formula is C29H28O9. The van der Waals surface area contributed by atoms with E-state index < -0.39 is 48.4 Å². The minimum Gasteiger partial charge on any atom is -0.508 e. The summed E-state index contributed by atoms with van der Waals surface area (Å²) >= 11 is 0. The lowest BCUT2D eigenvalue weighted by molar-refractivity contribution is -0.242. The van der Waals surface area contributed by atoms with Gasteiger partial charge in [-0.15, -0.1) is 0 Å². The number of ether oxygens (including phenoxy) is 2. The molecule has 198 valence electrons. The van der Waals surface area contributed by atoms with Crippen LogP contribution in [0.25, 0.3) is 6.08 Å². The van der Waals surface area contributed by atoms with Crippen molar-refractivity contribution in [3.05, 3.63) is 107 Å². The van der Waals surface area contributed by atoms with Crippen molar-refractivity contribution in [1.29, 1.82) is 0 Å². The highest BCUT2D eigenvalue weighted by Gasteiger charge is 2.48. The number of ketones is 1. The summed E-state index contributed by atoms with van der Waals surface area (Å²) in [6.45, 7) is -0.163. The van der Waals surface area contributed by atoms with E-state index in [1.54, 1.807) is 54.6 Å². The topological polar surface area (TPSA) is 154 Å². The number of carbonyl (C=O) groups is 2. The molecule has 1 aliphatic heterocycles. The van der Waals surface area contributed by atoms with Crippen LogP contribution in [0.2, 0.25) is 0 Å². The lowest BCUT2D eigenvalue weighted by Gasteiger charge is -2.42. The molecule has 0 amide bonds. The van der Waals surface area contributed by atoms with Crippen LogP contribution in [0.3, 0.4) is 0 Å². The number of carbonyl (C=O) groups excluding carboxylic acids is 2. The van der Waals surface area contributed by atoms with Crippen LogP contribution < -0.4 is 0 Å². The van der Waals surface area contributed by atoms with Crippen molar-refractivity contribution in [1.82, 2.24) is 0 Å². The molecule has 0 saturated carbocycles. The van der Waals surface area contributed by atoms with Crippen molar-refractivity contribution in [2.24, 2.45) is 0 Å². The van der Waals surface area contributed by atoms with Crippen molar-refractivity contribution in [3.63, 3.8) is 0 Å². The number of benzene rings is 3. The van der Waals surface area contributed by atoms with E-state index in [0.717, 1.165) is 6.08 Å². The SMILES string of the molecule is O=C(OCc1ccc(O)c([C@@H]2O[C@H](C(O)C(=O)/C=C/c3ccccc3)[C@@H](O)[C@H](O)[C@H]2O)c1)c1ccccc1. The molecule has 0 radical (unpaired) electrons. The summed E-state index contributed by atoms with van der Waals surface area (Å²) in [6, 6.07) is 21.5. The Labute approximate surface area is 218 Å². The van der Waals surface area contributed by atoms with Gasteiger partial charge in [-0.25, -0.2) is 4.79 Å². The first-order valence-corrected chi connectivity index (χ1v) is 11.9. The highest BCUT2D eigenvalue weighted by atomic mass is 16.5. The standard InChI is InChI=1S/C29H28O9/c30-21-13-12-18(16-37-29(36)19-9-5-2-6-10-19)15-20(21)27-25(34)24(33)26(35)28(38-27)23(32)22(31)14-11-17-7-3-1-4-8-17/h1-15,23-28,30,32-35H,16H2/b14-11+/t23?,24-,25-,26+,27+,28-/m1/s1. The number of hydrogen-bond acceptors (Lipinski definition) is 9. The number of rotatable bonds is 8. The van der Waals surface area contributed by atoms with E-state index in [4.69, 9.17) is 9.47 Å². The number of aliphatic hydroxyl groups is 4. The van der Waals surface area contributed by atoms with Gasteiger partial charge in [0, 0.05) is 5.56 Å². The number of hydrogen-bond donors (Lipinski definition) is 5. The number of phenols is 1. The van der Waals surface area contributed by atoms with Crippen molar-refractivity contribution in [2.45, 2.75) is 43.2 Å². The lowest BCUT2D eigenvalue weighted by atomic mass is 9.87. The number of aromatic hydroxyl groups is 1. The summed E-state index contributed by atoms with van der Waals surface area (Å²) in [7, 11) is 0. The van der Waals surface area contributed by atoms with Gasteiger partial charge in [-0.3, -0.25) is 4.79 Å². The normalized spacial score (nSPS) is 24.2. The molecule has 1 unspecified atom stereocenters. The maximum atomic E-state index is 12.6. The van der Waals surface area contributed by atoms with E-state index >= 15 is 0 Å². The third-order valence-electron chi connectivity index (χ3n) is 6.27. The summed E-state index contributed by atoms with van der Waals surface area (Å²) in [5, 5.41) is 52.7. The summed E-state index contributed by atoms with van der Waals surface area (Å²) in [4.78, 5) is 24.9. The van der Waals surface area contributed by atoms with Gasteiger partial charge in [0.25, 0.3) is 0 Å². The van der Waals surface area contributed by atoms with Gasteiger partial charge in [-0.1, -0.05) is 60.7 Å². The van der Waals surface area contributed by atoms with Gasteiger partial charge in [-0.05, 0) is 41.5 Å². The van der Waals surface area contributed by atoms with Crippen LogP contribution in [0, 0.1) is 0 Å². The van der Waals surface area contributed by atoms with Gasteiger partial charge in [-0.2, -0.15) is 0 Å². The number of esters is 1. The molecule has 0 aliphatic carbocycles. The molecule has 0 bridgehead atoms. The van der Waals surface area contributed by atoms with Gasteiger partial charge in [0.05, 0.1) is 5.56 Å². The van der Waals surface area contributed by atoms with Crippen molar-refractivity contribution in [2.75, 3.05) is 0 Å². The zero-order valence-corrected chi connectivity index (χ0v) is 20.2. The third kappa shape index (κ3) is 6.16. The Morgan fingerprint density at radius 2 is 1.55 bits per heavy atom. The van der Waals surface area contributed by atoms with Crippen LogP contribution in [0.5, 0.6) is 5.75 Å². The fourth-order valence-corrected chi connectivity index (χ4v) is 4.16. The molecule has 9 heteroatoms. The lowest BCUT2D eigenvalue weighted by Crippen LogP contribution is -2.59. The van der Waals surface area contributed by atoms with Crippen LogP contribution in [0.1, 0.15) is 33.2 Å². The number of phenolic OH excluding ortho intramolecular Hbond substituents is 1. The maximum Gasteiger partial charge on any atom is 0.338 e. The molecule has 0 aromatic heterocycles. The van der Waals surface area contributed by atoms with Crippen LogP contribution in [-0.4, -0.2) is 67.8 Å². The highest BCUT2D eigenvalue weighted by molar-refractivity contribution is 5.97. The minimum absolute atomic E-state index is 0.0150. The Morgan fingerprint density at radius 1 is 0.895 bits per heavy atom. The van der Waals surface area contributed by atoms with Gasteiger partial charge in [0.1, 0.15) is 49.0 Å². The van der Waals surface area contributed by atoms with Crippen molar-refractivity contribution >= 4 is 17.8 Å². The van der Waals surface area contributed by atoms with E-state index in [1.165, 1.54) is 24.3 Å². The summed E-state index contributed by atoms with van der Waals surface area (Å²) < 4.78 is 11.0. The van der Waals surface area contributed by atoms with E-state index in [2.05, 4.69) is 0 Å². The fourth-order valence-electron chi connectivity index (χ4n) is 4.16.